The lowest BCUT2D eigenvalue weighted by atomic mass is 10.2. The van der Waals surface area contributed by atoms with Crippen LogP contribution in [0.4, 0.5) is 21.5 Å². The third-order valence-corrected chi connectivity index (χ3v) is 2.95. The first kappa shape index (κ1) is 12.7. The molecular formula is C14H14ClFN2. The van der Waals surface area contributed by atoms with Crippen LogP contribution in [0, 0.1) is 5.82 Å². The molecule has 0 saturated heterocycles. The number of hydrogen-bond donors (Lipinski definition) is 1. The van der Waals surface area contributed by atoms with Gasteiger partial charge in [-0.2, -0.15) is 0 Å². The minimum Gasteiger partial charge on any atom is -0.397 e. The van der Waals surface area contributed by atoms with Crippen molar-refractivity contribution in [1.82, 2.24) is 0 Å². The van der Waals surface area contributed by atoms with Crippen molar-refractivity contribution in [2.24, 2.45) is 0 Å². The number of halogens is 2. The van der Waals surface area contributed by atoms with Gasteiger partial charge >= 0.3 is 0 Å². The van der Waals surface area contributed by atoms with Gasteiger partial charge in [0.05, 0.1) is 11.4 Å². The predicted molar refractivity (Wildman–Crippen MR) is 74.9 cm³/mol. The molecule has 0 spiro atoms. The van der Waals surface area contributed by atoms with Gasteiger partial charge in [0.15, 0.2) is 0 Å². The maximum absolute atomic E-state index is 13.3. The van der Waals surface area contributed by atoms with Gasteiger partial charge in [-0.25, -0.2) is 4.39 Å². The molecule has 2 aromatic rings. The summed E-state index contributed by atoms with van der Waals surface area (Å²) in [4.78, 5) is 1.92. The lowest BCUT2D eigenvalue weighted by molar-refractivity contribution is 0.627. The molecule has 2 nitrogen and oxygen atoms in total. The minimum absolute atomic E-state index is 0.272. The van der Waals surface area contributed by atoms with Crippen LogP contribution in [0.2, 0.25) is 5.02 Å². The first-order valence-electron chi connectivity index (χ1n) is 5.70. The number of hydrogen-bond acceptors (Lipinski definition) is 2. The van der Waals surface area contributed by atoms with Crippen molar-refractivity contribution in [3.05, 3.63) is 53.3 Å². The Morgan fingerprint density at radius 3 is 2.67 bits per heavy atom. The monoisotopic (exact) mass is 264 g/mol. The molecule has 0 fully saturated rings. The Labute approximate surface area is 111 Å². The second-order valence-corrected chi connectivity index (χ2v) is 4.36. The summed E-state index contributed by atoms with van der Waals surface area (Å²) in [5.41, 5.74) is 8.11. The molecule has 0 bridgehead atoms. The Morgan fingerprint density at radius 1 is 1.22 bits per heavy atom. The molecule has 2 rings (SSSR count). The highest BCUT2D eigenvalue weighted by atomic mass is 35.5. The lowest BCUT2D eigenvalue weighted by Crippen LogP contribution is -2.17. The van der Waals surface area contributed by atoms with E-state index in [0.29, 0.717) is 17.3 Å². The van der Waals surface area contributed by atoms with Gasteiger partial charge in [-0.15, -0.1) is 0 Å². The van der Waals surface area contributed by atoms with Gasteiger partial charge in [0.2, 0.25) is 0 Å². The zero-order valence-corrected chi connectivity index (χ0v) is 10.8. The summed E-state index contributed by atoms with van der Waals surface area (Å²) in [6, 6.07) is 11.7. The Kier molecular flexibility index (Phi) is 3.72. The topological polar surface area (TPSA) is 29.3 Å². The van der Waals surface area contributed by atoms with Crippen molar-refractivity contribution in [2.45, 2.75) is 6.92 Å². The molecule has 2 N–H and O–H groups in total. The van der Waals surface area contributed by atoms with Crippen LogP contribution < -0.4 is 10.6 Å². The average Bonchev–Trinajstić information content (AvgIpc) is 2.35. The molecule has 2 aromatic carbocycles. The summed E-state index contributed by atoms with van der Waals surface area (Å²) in [5, 5.41) is 0.606. The molecule has 0 amide bonds. The fourth-order valence-electron chi connectivity index (χ4n) is 1.89. The summed E-state index contributed by atoms with van der Waals surface area (Å²) in [5.74, 6) is -0.272. The molecule has 0 radical (unpaired) electrons. The summed E-state index contributed by atoms with van der Waals surface area (Å²) in [7, 11) is 0. The second-order valence-electron chi connectivity index (χ2n) is 3.93. The summed E-state index contributed by atoms with van der Waals surface area (Å²) < 4.78 is 13.3. The van der Waals surface area contributed by atoms with Crippen LogP contribution in [0.3, 0.4) is 0 Å². The van der Waals surface area contributed by atoms with Crippen molar-refractivity contribution in [3.8, 4) is 0 Å². The van der Waals surface area contributed by atoms with Crippen LogP contribution in [0.1, 0.15) is 6.92 Å². The van der Waals surface area contributed by atoms with Gasteiger partial charge < -0.3 is 10.6 Å². The fourth-order valence-corrected chi connectivity index (χ4v) is 2.05. The van der Waals surface area contributed by atoms with E-state index in [4.69, 9.17) is 17.3 Å². The van der Waals surface area contributed by atoms with Gasteiger partial charge in [-0.3, -0.25) is 0 Å². The number of rotatable bonds is 3. The van der Waals surface area contributed by atoms with E-state index in [1.54, 1.807) is 24.3 Å². The zero-order chi connectivity index (χ0) is 13.1. The van der Waals surface area contributed by atoms with Crippen LogP contribution in [-0.2, 0) is 0 Å². The van der Waals surface area contributed by atoms with Gasteiger partial charge in [0, 0.05) is 17.3 Å². The van der Waals surface area contributed by atoms with Crippen LogP contribution in [-0.4, -0.2) is 6.54 Å². The molecule has 4 heteroatoms. The SMILES string of the molecule is CCN(c1cccc(F)c1)c1cc(Cl)ccc1N. The van der Waals surface area contributed by atoms with Crippen molar-refractivity contribution in [1.29, 1.82) is 0 Å². The van der Waals surface area contributed by atoms with E-state index < -0.39 is 0 Å². The summed E-state index contributed by atoms with van der Waals surface area (Å²) in [6.45, 7) is 2.65. The molecule has 0 aliphatic rings. The van der Waals surface area contributed by atoms with E-state index in [2.05, 4.69) is 0 Å². The largest absolute Gasteiger partial charge is 0.397 e. The number of benzene rings is 2. The number of nitrogens with two attached hydrogens (primary N) is 1. The molecule has 0 aliphatic carbocycles. The van der Waals surface area contributed by atoms with Gasteiger partial charge in [0.1, 0.15) is 5.82 Å². The van der Waals surface area contributed by atoms with Gasteiger partial charge in [0.25, 0.3) is 0 Å². The maximum atomic E-state index is 13.3. The summed E-state index contributed by atoms with van der Waals surface area (Å²) >= 11 is 5.98. The van der Waals surface area contributed by atoms with Gasteiger partial charge in [-0.1, -0.05) is 17.7 Å². The van der Waals surface area contributed by atoms with Crippen molar-refractivity contribution in [2.75, 3.05) is 17.2 Å². The lowest BCUT2D eigenvalue weighted by Gasteiger charge is -2.25. The third kappa shape index (κ3) is 2.57. The first-order chi connectivity index (χ1) is 8.61. The zero-order valence-electron chi connectivity index (χ0n) is 10.0. The predicted octanol–water partition coefficient (Wildman–Crippen LogP) is 4.22. The quantitative estimate of drug-likeness (QED) is 0.841. The first-order valence-corrected chi connectivity index (χ1v) is 6.07. The number of nitrogens with zero attached hydrogens (tertiary/aromatic N) is 1. The molecule has 0 heterocycles. The van der Waals surface area contributed by atoms with E-state index >= 15 is 0 Å². The second kappa shape index (κ2) is 5.27. The van der Waals surface area contributed by atoms with E-state index in [-0.39, 0.29) is 5.82 Å². The smallest absolute Gasteiger partial charge is 0.125 e. The van der Waals surface area contributed by atoms with E-state index in [1.165, 1.54) is 12.1 Å². The Morgan fingerprint density at radius 2 is 2.00 bits per heavy atom. The molecule has 0 aromatic heterocycles. The standard InChI is InChI=1S/C14H14ClFN2/c1-2-18(12-5-3-4-11(16)9-12)14-8-10(15)6-7-13(14)17/h3-9H,2,17H2,1H3. The van der Waals surface area contributed by atoms with Crippen LogP contribution in [0.5, 0.6) is 0 Å². The minimum atomic E-state index is -0.272. The molecule has 0 atom stereocenters. The fraction of sp³-hybridized carbons (Fsp3) is 0.143. The molecule has 94 valence electrons. The van der Waals surface area contributed by atoms with Crippen LogP contribution >= 0.6 is 11.6 Å². The Hall–Kier alpha value is -1.74. The summed E-state index contributed by atoms with van der Waals surface area (Å²) in [6.07, 6.45) is 0. The molecular weight excluding hydrogens is 251 g/mol. The van der Waals surface area contributed by atoms with Crippen LogP contribution in [0.25, 0.3) is 0 Å². The van der Waals surface area contributed by atoms with E-state index in [9.17, 15) is 4.39 Å². The molecule has 0 saturated carbocycles. The maximum Gasteiger partial charge on any atom is 0.125 e. The van der Waals surface area contributed by atoms with Gasteiger partial charge in [-0.05, 0) is 43.3 Å². The molecule has 0 unspecified atom stereocenters. The van der Waals surface area contributed by atoms with Crippen LogP contribution in [0.15, 0.2) is 42.5 Å². The molecule has 18 heavy (non-hydrogen) atoms. The highest BCUT2D eigenvalue weighted by Gasteiger charge is 2.11. The normalized spacial score (nSPS) is 10.4. The van der Waals surface area contributed by atoms with E-state index in [1.807, 2.05) is 17.9 Å². The van der Waals surface area contributed by atoms with E-state index in [0.717, 1.165) is 11.4 Å². The highest BCUT2D eigenvalue weighted by Crippen LogP contribution is 2.32. The average molecular weight is 265 g/mol. The third-order valence-electron chi connectivity index (χ3n) is 2.72. The number of anilines is 3. The number of nitrogen functional groups attached to an aromatic ring is 1. The molecule has 0 aliphatic heterocycles. The van der Waals surface area contributed by atoms with Crippen molar-refractivity contribution in [3.63, 3.8) is 0 Å². The van der Waals surface area contributed by atoms with Crippen molar-refractivity contribution < 1.29 is 4.39 Å². The Balaban J connectivity index is 2.48. The highest BCUT2D eigenvalue weighted by molar-refractivity contribution is 6.31. The van der Waals surface area contributed by atoms with Crippen molar-refractivity contribution >= 4 is 28.7 Å². The Bertz CT molecular complexity index is 557.